The topological polar surface area (TPSA) is 92.4 Å². The van der Waals surface area contributed by atoms with Crippen molar-refractivity contribution in [3.63, 3.8) is 0 Å². The van der Waals surface area contributed by atoms with Gasteiger partial charge in [-0.05, 0) is 56.5 Å². The Morgan fingerprint density at radius 2 is 1.85 bits per heavy atom. The van der Waals surface area contributed by atoms with E-state index in [0.717, 1.165) is 36.8 Å². The van der Waals surface area contributed by atoms with Gasteiger partial charge < -0.3 is 14.9 Å². The lowest BCUT2D eigenvalue weighted by Crippen LogP contribution is -2.43. The second-order valence-corrected chi connectivity index (χ2v) is 8.95. The summed E-state index contributed by atoms with van der Waals surface area (Å²) in [5, 5.41) is 19.0. The number of carbonyl (C=O) groups is 1. The number of carbonyl (C=O) groups excluding carboxylic acids is 1. The number of benzene rings is 2. The number of aliphatic hydroxyl groups is 1. The standard InChI is InChI=1S/C27H28N2O4/c1-18-8-10-20(11-9-18)14-15-27(32,17-21-6-4-3-5-7-21)26(31)28-22-12-13-23-24(16-22)19(2)29-33-25(23)30/h8-13,16,21,32H,3-7,17H2,1-2H3,(H,28,31). The number of fused-ring (bicyclic) bond motifs is 1. The van der Waals surface area contributed by atoms with E-state index in [1.54, 1.807) is 25.1 Å². The molecule has 2 N–H and O–H groups in total. The van der Waals surface area contributed by atoms with Crippen molar-refractivity contribution >= 4 is 22.4 Å². The van der Waals surface area contributed by atoms with Crippen molar-refractivity contribution in [2.24, 2.45) is 5.92 Å². The highest BCUT2D eigenvalue weighted by Crippen LogP contribution is 2.31. The van der Waals surface area contributed by atoms with Crippen LogP contribution in [-0.4, -0.2) is 21.8 Å². The minimum atomic E-state index is -1.83. The van der Waals surface area contributed by atoms with Gasteiger partial charge in [0.25, 0.3) is 5.91 Å². The molecule has 4 rings (SSSR count). The zero-order chi connectivity index (χ0) is 23.4. The molecule has 1 unspecified atom stereocenters. The smallest absolute Gasteiger partial charge is 0.366 e. The van der Waals surface area contributed by atoms with Crippen molar-refractivity contribution in [2.45, 2.75) is 58.0 Å². The van der Waals surface area contributed by atoms with Gasteiger partial charge in [0.05, 0.1) is 11.1 Å². The summed E-state index contributed by atoms with van der Waals surface area (Å²) >= 11 is 0. The quantitative estimate of drug-likeness (QED) is 0.578. The molecule has 0 saturated heterocycles. The molecular formula is C27H28N2O4. The third-order valence-electron chi connectivity index (χ3n) is 6.30. The molecule has 1 saturated carbocycles. The second kappa shape index (κ2) is 9.60. The fraction of sp³-hybridized carbons (Fsp3) is 0.370. The predicted octanol–water partition coefficient (Wildman–Crippen LogP) is 4.50. The molecule has 170 valence electrons. The average Bonchev–Trinajstić information content (AvgIpc) is 2.82. The molecule has 6 heteroatoms. The van der Waals surface area contributed by atoms with Gasteiger partial charge in [0, 0.05) is 16.6 Å². The van der Waals surface area contributed by atoms with Crippen LogP contribution in [0.1, 0.15) is 55.3 Å². The molecule has 1 atom stereocenters. The molecule has 1 aliphatic carbocycles. The van der Waals surface area contributed by atoms with Crippen LogP contribution < -0.4 is 10.9 Å². The molecule has 3 aromatic rings. The van der Waals surface area contributed by atoms with Crippen LogP contribution in [0.25, 0.3) is 10.8 Å². The van der Waals surface area contributed by atoms with E-state index in [1.807, 2.05) is 31.2 Å². The third kappa shape index (κ3) is 5.32. The molecule has 0 aliphatic heterocycles. The zero-order valence-electron chi connectivity index (χ0n) is 19.0. The molecule has 1 fully saturated rings. The van der Waals surface area contributed by atoms with E-state index in [9.17, 15) is 14.7 Å². The molecule has 1 heterocycles. The van der Waals surface area contributed by atoms with Gasteiger partial charge >= 0.3 is 5.63 Å². The number of rotatable bonds is 4. The van der Waals surface area contributed by atoms with Gasteiger partial charge in [-0.1, -0.05) is 66.8 Å². The summed E-state index contributed by atoms with van der Waals surface area (Å²) in [5.41, 5.74) is 0.497. The molecule has 6 nitrogen and oxygen atoms in total. The lowest BCUT2D eigenvalue weighted by molar-refractivity contribution is -0.130. The van der Waals surface area contributed by atoms with Crippen molar-refractivity contribution in [1.29, 1.82) is 0 Å². The molecule has 0 bridgehead atoms. The number of hydrogen-bond donors (Lipinski definition) is 2. The first-order valence-corrected chi connectivity index (χ1v) is 11.4. The molecule has 2 aromatic carbocycles. The number of nitrogens with one attached hydrogen (secondary N) is 1. The van der Waals surface area contributed by atoms with Crippen molar-refractivity contribution < 1.29 is 14.4 Å². The van der Waals surface area contributed by atoms with Crippen LogP contribution in [0.4, 0.5) is 5.69 Å². The Hall–Kier alpha value is -3.43. The third-order valence-corrected chi connectivity index (χ3v) is 6.30. The van der Waals surface area contributed by atoms with E-state index in [4.69, 9.17) is 4.52 Å². The van der Waals surface area contributed by atoms with Crippen molar-refractivity contribution in [3.8, 4) is 11.8 Å². The van der Waals surface area contributed by atoms with Crippen molar-refractivity contribution in [3.05, 3.63) is 69.7 Å². The Bertz CT molecular complexity index is 1280. The van der Waals surface area contributed by atoms with Crippen LogP contribution >= 0.6 is 0 Å². The lowest BCUT2D eigenvalue weighted by atomic mass is 9.80. The SMILES string of the molecule is Cc1ccc(C#CC(O)(CC2CCCCC2)C(=O)Nc2ccc3c(=O)onc(C)c3c2)cc1. The van der Waals surface area contributed by atoms with Crippen LogP contribution in [0.2, 0.25) is 0 Å². The monoisotopic (exact) mass is 444 g/mol. The van der Waals surface area contributed by atoms with Gasteiger partial charge in [-0.25, -0.2) is 4.79 Å². The number of amides is 1. The van der Waals surface area contributed by atoms with Crippen molar-refractivity contribution in [1.82, 2.24) is 5.16 Å². The maximum Gasteiger partial charge on any atom is 0.366 e. The number of nitrogens with zero attached hydrogens (tertiary/aromatic N) is 1. The molecule has 1 aromatic heterocycles. The molecule has 33 heavy (non-hydrogen) atoms. The summed E-state index contributed by atoms with van der Waals surface area (Å²) in [5.74, 6) is 5.54. The van der Waals surface area contributed by atoms with E-state index < -0.39 is 17.1 Å². The van der Waals surface area contributed by atoms with Gasteiger partial charge in [-0.2, -0.15) is 0 Å². The summed E-state index contributed by atoms with van der Waals surface area (Å²) < 4.78 is 4.76. The van der Waals surface area contributed by atoms with Crippen LogP contribution in [0.3, 0.4) is 0 Å². The van der Waals surface area contributed by atoms with Crippen LogP contribution in [-0.2, 0) is 4.79 Å². The minimum Gasteiger partial charge on any atom is -0.369 e. The first-order valence-electron chi connectivity index (χ1n) is 11.4. The van der Waals surface area contributed by atoms with Crippen LogP contribution in [0.15, 0.2) is 51.8 Å². The van der Waals surface area contributed by atoms with Crippen LogP contribution in [0, 0.1) is 31.6 Å². The maximum absolute atomic E-state index is 13.3. The summed E-state index contributed by atoms with van der Waals surface area (Å²) in [7, 11) is 0. The number of anilines is 1. The highest BCUT2D eigenvalue weighted by atomic mass is 16.5. The Kier molecular flexibility index (Phi) is 6.62. The van der Waals surface area contributed by atoms with E-state index >= 15 is 0 Å². The summed E-state index contributed by atoms with van der Waals surface area (Å²) in [6.45, 7) is 3.72. The Morgan fingerprint density at radius 3 is 2.58 bits per heavy atom. The Balaban J connectivity index is 1.63. The molecular weight excluding hydrogens is 416 g/mol. The predicted molar refractivity (Wildman–Crippen MR) is 128 cm³/mol. The average molecular weight is 445 g/mol. The van der Waals surface area contributed by atoms with Gasteiger partial charge in [0.1, 0.15) is 0 Å². The number of aromatic nitrogens is 1. The first kappa shape index (κ1) is 22.8. The largest absolute Gasteiger partial charge is 0.369 e. The van der Waals surface area contributed by atoms with Crippen molar-refractivity contribution in [2.75, 3.05) is 5.32 Å². The van der Waals surface area contributed by atoms with E-state index in [1.165, 1.54) is 6.42 Å². The molecule has 1 aliphatic rings. The Morgan fingerprint density at radius 1 is 1.12 bits per heavy atom. The normalized spacial score (nSPS) is 16.0. The van der Waals surface area contributed by atoms with Gasteiger partial charge in [0.15, 0.2) is 0 Å². The van der Waals surface area contributed by atoms with Gasteiger partial charge in [0.2, 0.25) is 5.60 Å². The second-order valence-electron chi connectivity index (χ2n) is 8.95. The molecule has 0 spiro atoms. The highest BCUT2D eigenvalue weighted by molar-refractivity contribution is 6.01. The van der Waals surface area contributed by atoms with E-state index in [2.05, 4.69) is 22.3 Å². The fourth-order valence-corrected chi connectivity index (χ4v) is 4.36. The summed E-state index contributed by atoms with van der Waals surface area (Å²) in [4.78, 5) is 25.2. The first-order chi connectivity index (χ1) is 15.8. The lowest BCUT2D eigenvalue weighted by Gasteiger charge is -2.29. The molecule has 1 amide bonds. The molecule has 0 radical (unpaired) electrons. The Labute approximate surface area is 193 Å². The van der Waals surface area contributed by atoms with Gasteiger partial charge in [-0.15, -0.1) is 0 Å². The van der Waals surface area contributed by atoms with Gasteiger partial charge in [-0.3, -0.25) is 4.79 Å². The van der Waals surface area contributed by atoms with E-state index in [-0.39, 0.29) is 12.3 Å². The van der Waals surface area contributed by atoms with E-state index in [0.29, 0.717) is 22.2 Å². The minimum absolute atomic E-state index is 0.245. The summed E-state index contributed by atoms with van der Waals surface area (Å²) in [6.07, 6.45) is 5.65. The maximum atomic E-state index is 13.3. The zero-order valence-corrected chi connectivity index (χ0v) is 19.0. The highest BCUT2D eigenvalue weighted by Gasteiger charge is 2.37. The number of hydrogen-bond acceptors (Lipinski definition) is 5. The number of aryl methyl sites for hydroxylation is 2. The summed E-state index contributed by atoms with van der Waals surface area (Å²) in [6, 6.07) is 12.5. The fourth-order valence-electron chi connectivity index (χ4n) is 4.36. The van der Waals surface area contributed by atoms with Crippen LogP contribution in [0.5, 0.6) is 0 Å².